The lowest BCUT2D eigenvalue weighted by Crippen LogP contribution is -2.20. The van der Waals surface area contributed by atoms with Gasteiger partial charge in [0, 0.05) is 0 Å². The molecule has 1 rings (SSSR count). The Morgan fingerprint density at radius 3 is 2.67 bits per heavy atom. The van der Waals surface area contributed by atoms with Gasteiger partial charge in [-0.2, -0.15) is 0 Å². The van der Waals surface area contributed by atoms with Crippen LogP contribution < -0.4 is 4.89 Å². The van der Waals surface area contributed by atoms with Crippen molar-refractivity contribution in [1.29, 1.82) is 0 Å². The van der Waals surface area contributed by atoms with Crippen molar-refractivity contribution < 1.29 is 18.0 Å². The molecule has 1 aromatic rings. The standard InChI is InChI=1S/C6H9NO4S/c1-5-2-3-6(11-5)4-12(9,10)7-8/h2-3,7-8H,4H2,1H3. The number of sulfonamides is 1. The summed E-state index contributed by atoms with van der Waals surface area (Å²) in [4.78, 5) is 1.21. The lowest BCUT2D eigenvalue weighted by Gasteiger charge is -1.96. The van der Waals surface area contributed by atoms with Crippen LogP contribution >= 0.6 is 0 Å². The summed E-state index contributed by atoms with van der Waals surface area (Å²) in [5.74, 6) is 0.587. The van der Waals surface area contributed by atoms with Crippen molar-refractivity contribution in [1.82, 2.24) is 4.89 Å². The molecule has 12 heavy (non-hydrogen) atoms. The molecule has 2 N–H and O–H groups in total. The molecule has 0 aliphatic rings. The third-order valence-corrected chi connectivity index (χ3v) is 2.21. The Morgan fingerprint density at radius 1 is 1.58 bits per heavy atom. The highest BCUT2D eigenvalue weighted by Crippen LogP contribution is 2.08. The van der Waals surface area contributed by atoms with E-state index in [4.69, 9.17) is 9.62 Å². The van der Waals surface area contributed by atoms with Gasteiger partial charge in [-0.15, -0.1) is 0 Å². The van der Waals surface area contributed by atoms with Crippen LogP contribution in [0.15, 0.2) is 16.5 Å². The fourth-order valence-electron chi connectivity index (χ4n) is 0.782. The zero-order valence-corrected chi connectivity index (χ0v) is 7.26. The maximum absolute atomic E-state index is 10.8. The summed E-state index contributed by atoms with van der Waals surface area (Å²) in [6.45, 7) is 1.71. The molecule has 1 aromatic heterocycles. The normalized spacial score (nSPS) is 11.8. The monoisotopic (exact) mass is 191 g/mol. The van der Waals surface area contributed by atoms with Crippen LogP contribution in [0.2, 0.25) is 0 Å². The molecule has 68 valence electrons. The number of hydrogen-bond acceptors (Lipinski definition) is 4. The zero-order valence-electron chi connectivity index (χ0n) is 6.44. The third kappa shape index (κ3) is 2.33. The summed E-state index contributed by atoms with van der Waals surface area (Å²) in [5.41, 5.74) is 0. The van der Waals surface area contributed by atoms with Gasteiger partial charge in [0.15, 0.2) is 0 Å². The van der Waals surface area contributed by atoms with E-state index in [1.54, 1.807) is 19.1 Å². The predicted octanol–water partition coefficient (Wildman–Crippen LogP) is 0.397. The Balaban J connectivity index is 2.77. The second kappa shape index (κ2) is 3.26. The zero-order chi connectivity index (χ0) is 9.19. The first kappa shape index (κ1) is 9.24. The molecule has 0 radical (unpaired) electrons. The van der Waals surface area contributed by atoms with Gasteiger partial charge in [-0.1, -0.05) is 4.89 Å². The van der Waals surface area contributed by atoms with Gasteiger partial charge in [0.2, 0.25) is 10.0 Å². The van der Waals surface area contributed by atoms with E-state index in [1.165, 1.54) is 4.89 Å². The van der Waals surface area contributed by atoms with Gasteiger partial charge >= 0.3 is 0 Å². The Morgan fingerprint density at radius 2 is 2.25 bits per heavy atom. The van der Waals surface area contributed by atoms with Crippen LogP contribution in [0.3, 0.4) is 0 Å². The van der Waals surface area contributed by atoms with Crippen LogP contribution in [-0.2, 0) is 15.8 Å². The predicted molar refractivity (Wildman–Crippen MR) is 41.0 cm³/mol. The van der Waals surface area contributed by atoms with Crippen LogP contribution in [0.1, 0.15) is 11.5 Å². The minimum Gasteiger partial charge on any atom is -0.465 e. The number of furan rings is 1. The van der Waals surface area contributed by atoms with Gasteiger partial charge in [-0.3, -0.25) is 0 Å². The minimum absolute atomic E-state index is 0.300. The Hall–Kier alpha value is -0.850. The van der Waals surface area contributed by atoms with Gasteiger partial charge in [-0.05, 0) is 19.1 Å². The Bertz CT molecular complexity index is 353. The second-order valence-electron chi connectivity index (χ2n) is 2.36. The maximum atomic E-state index is 10.8. The van der Waals surface area contributed by atoms with Crippen LogP contribution in [0.4, 0.5) is 0 Å². The molecule has 0 aliphatic heterocycles. The first-order valence-electron chi connectivity index (χ1n) is 3.22. The lowest BCUT2D eigenvalue weighted by atomic mass is 10.5. The van der Waals surface area contributed by atoms with Crippen molar-refractivity contribution >= 4 is 10.0 Å². The number of nitrogens with one attached hydrogen (secondary N) is 1. The summed E-state index contributed by atoms with van der Waals surface area (Å²) in [6, 6.07) is 3.20. The molecule has 0 saturated heterocycles. The van der Waals surface area contributed by atoms with Crippen molar-refractivity contribution in [2.75, 3.05) is 0 Å². The van der Waals surface area contributed by atoms with Crippen molar-refractivity contribution in [3.63, 3.8) is 0 Å². The highest BCUT2D eigenvalue weighted by molar-refractivity contribution is 7.88. The Kier molecular flexibility index (Phi) is 2.51. The maximum Gasteiger partial charge on any atom is 0.240 e. The topological polar surface area (TPSA) is 79.5 Å². The van der Waals surface area contributed by atoms with Crippen molar-refractivity contribution in [2.24, 2.45) is 0 Å². The molecule has 0 spiro atoms. The summed E-state index contributed by atoms with van der Waals surface area (Å²) < 4.78 is 26.5. The highest BCUT2D eigenvalue weighted by Gasteiger charge is 2.11. The van der Waals surface area contributed by atoms with Gasteiger partial charge in [0.05, 0.1) is 0 Å². The quantitative estimate of drug-likeness (QED) is 0.677. The molecule has 1 heterocycles. The average Bonchev–Trinajstić information content (AvgIpc) is 2.35. The van der Waals surface area contributed by atoms with E-state index in [2.05, 4.69) is 0 Å². The lowest BCUT2D eigenvalue weighted by molar-refractivity contribution is 0.242. The molecule has 0 unspecified atom stereocenters. The van der Waals surface area contributed by atoms with Gasteiger partial charge in [0.1, 0.15) is 17.3 Å². The third-order valence-electron chi connectivity index (χ3n) is 1.27. The number of rotatable bonds is 3. The minimum atomic E-state index is -3.65. The van der Waals surface area contributed by atoms with Crippen LogP contribution in [-0.4, -0.2) is 13.6 Å². The second-order valence-corrected chi connectivity index (χ2v) is 4.06. The van der Waals surface area contributed by atoms with E-state index in [0.29, 0.717) is 11.5 Å². The molecule has 5 nitrogen and oxygen atoms in total. The van der Waals surface area contributed by atoms with Gasteiger partial charge in [0.25, 0.3) is 0 Å². The fraction of sp³-hybridized carbons (Fsp3) is 0.333. The molecule has 0 fully saturated rings. The van der Waals surface area contributed by atoms with Crippen molar-refractivity contribution in [2.45, 2.75) is 12.7 Å². The molecule has 0 aromatic carbocycles. The van der Waals surface area contributed by atoms with Crippen LogP contribution in [0.25, 0.3) is 0 Å². The highest BCUT2D eigenvalue weighted by atomic mass is 32.2. The largest absolute Gasteiger partial charge is 0.465 e. The molecule has 0 aliphatic carbocycles. The van der Waals surface area contributed by atoms with Gasteiger partial charge < -0.3 is 9.62 Å². The SMILES string of the molecule is Cc1ccc(CS(=O)(=O)NO)o1. The first-order chi connectivity index (χ1) is 5.53. The molecule has 0 atom stereocenters. The molecular weight excluding hydrogens is 182 g/mol. The van der Waals surface area contributed by atoms with E-state index in [9.17, 15) is 8.42 Å². The number of hydrogen-bond donors (Lipinski definition) is 2. The molecule has 6 heteroatoms. The molecule has 0 saturated carbocycles. The summed E-state index contributed by atoms with van der Waals surface area (Å²) in [7, 11) is -3.65. The molecule has 0 bridgehead atoms. The average molecular weight is 191 g/mol. The van der Waals surface area contributed by atoms with Crippen LogP contribution in [0, 0.1) is 6.92 Å². The molecular formula is C6H9NO4S. The smallest absolute Gasteiger partial charge is 0.240 e. The first-order valence-corrected chi connectivity index (χ1v) is 4.87. The van der Waals surface area contributed by atoms with Crippen LogP contribution in [0.5, 0.6) is 0 Å². The van der Waals surface area contributed by atoms with Crippen molar-refractivity contribution in [3.8, 4) is 0 Å². The van der Waals surface area contributed by atoms with E-state index < -0.39 is 10.0 Å². The fourth-order valence-corrected chi connectivity index (χ4v) is 1.38. The van der Waals surface area contributed by atoms with E-state index >= 15 is 0 Å². The molecule has 0 amide bonds. The van der Waals surface area contributed by atoms with E-state index in [0.717, 1.165) is 0 Å². The van der Waals surface area contributed by atoms with E-state index in [1.807, 2.05) is 0 Å². The Labute approximate surface area is 70.0 Å². The summed E-state index contributed by atoms with van der Waals surface area (Å²) in [5, 5.41) is 8.18. The van der Waals surface area contributed by atoms with Gasteiger partial charge in [-0.25, -0.2) is 8.42 Å². The summed E-state index contributed by atoms with van der Waals surface area (Å²) >= 11 is 0. The summed E-state index contributed by atoms with van der Waals surface area (Å²) in [6.07, 6.45) is 0. The number of aryl methyl sites for hydroxylation is 1. The van der Waals surface area contributed by atoms with E-state index in [-0.39, 0.29) is 5.75 Å². The van der Waals surface area contributed by atoms with Crippen molar-refractivity contribution in [3.05, 3.63) is 23.7 Å².